The summed E-state index contributed by atoms with van der Waals surface area (Å²) in [5.41, 5.74) is -0.524. The summed E-state index contributed by atoms with van der Waals surface area (Å²) < 4.78 is 39.9. The van der Waals surface area contributed by atoms with E-state index in [2.05, 4.69) is 21.5 Å². The van der Waals surface area contributed by atoms with Crippen LogP contribution in [-0.4, -0.2) is 65.4 Å². The number of halogens is 2. The summed E-state index contributed by atoms with van der Waals surface area (Å²) in [7, 11) is 0. The molecule has 2 fully saturated rings. The second kappa shape index (κ2) is 11.8. The van der Waals surface area contributed by atoms with Crippen molar-refractivity contribution in [2.45, 2.75) is 57.6 Å². The number of hydrogen-bond donors (Lipinski definition) is 1. The number of alkyl carbamates (subject to hydrolysis) is 1. The highest BCUT2D eigenvalue weighted by Gasteiger charge is 2.38. The molecule has 0 bridgehead atoms. The number of aromatic nitrogens is 2. The topological polar surface area (TPSA) is 104 Å². The summed E-state index contributed by atoms with van der Waals surface area (Å²) in [6.45, 7) is 7.96. The first kappa shape index (κ1) is 27.4. The molecule has 2 aromatic rings. The Bertz CT molecular complexity index is 1140. The highest BCUT2D eigenvalue weighted by atomic mass is 19.1. The number of nitriles is 1. The van der Waals surface area contributed by atoms with Gasteiger partial charge in [-0.2, -0.15) is 5.26 Å². The molecule has 0 spiro atoms. The van der Waals surface area contributed by atoms with Gasteiger partial charge in [0.25, 0.3) is 0 Å². The van der Waals surface area contributed by atoms with E-state index in [1.807, 2.05) is 4.90 Å². The number of amides is 1. The predicted molar refractivity (Wildman–Crippen MR) is 137 cm³/mol. The van der Waals surface area contributed by atoms with Crippen molar-refractivity contribution in [3.63, 3.8) is 0 Å². The molecule has 2 aliphatic rings. The van der Waals surface area contributed by atoms with Gasteiger partial charge in [0.15, 0.2) is 11.9 Å². The predicted octanol–water partition coefficient (Wildman–Crippen LogP) is 4.21. The smallest absolute Gasteiger partial charge is 0.407 e. The molecule has 1 aromatic carbocycles. The number of carbonyl (C=O) groups excluding carboxylic acids is 1. The van der Waals surface area contributed by atoms with Gasteiger partial charge in [0.05, 0.1) is 25.0 Å². The Kier molecular flexibility index (Phi) is 8.49. The quantitative estimate of drug-likeness (QED) is 0.533. The van der Waals surface area contributed by atoms with Crippen molar-refractivity contribution in [3.8, 4) is 11.9 Å². The molecule has 0 saturated carbocycles. The molecule has 0 aliphatic carbocycles. The Morgan fingerprint density at radius 1 is 1.18 bits per heavy atom. The van der Waals surface area contributed by atoms with E-state index >= 15 is 0 Å². The number of ether oxygens (including phenoxy) is 2. The van der Waals surface area contributed by atoms with Gasteiger partial charge in [-0.15, -0.1) is 0 Å². The van der Waals surface area contributed by atoms with Crippen molar-refractivity contribution in [2.75, 3.05) is 37.7 Å². The van der Waals surface area contributed by atoms with Crippen LogP contribution in [0.15, 0.2) is 30.6 Å². The van der Waals surface area contributed by atoms with Crippen LogP contribution >= 0.6 is 0 Å². The Morgan fingerprint density at radius 2 is 1.89 bits per heavy atom. The summed E-state index contributed by atoms with van der Waals surface area (Å²) in [6, 6.07) is 2.77. The van der Waals surface area contributed by atoms with Gasteiger partial charge in [0, 0.05) is 32.1 Å². The largest absolute Gasteiger partial charge is 0.490 e. The molecule has 2 atom stereocenters. The fraction of sp³-hybridized carbons (Fsp3) is 0.556. The first-order valence-corrected chi connectivity index (χ1v) is 12.9. The van der Waals surface area contributed by atoms with Crippen LogP contribution < -0.4 is 15.0 Å². The third-order valence-electron chi connectivity index (χ3n) is 6.83. The molecule has 0 radical (unpaired) electrons. The van der Waals surface area contributed by atoms with Crippen LogP contribution in [0.3, 0.4) is 0 Å². The van der Waals surface area contributed by atoms with Crippen LogP contribution in [0.5, 0.6) is 5.75 Å². The maximum atomic E-state index is 14.7. The average Bonchev–Trinajstić information content (AvgIpc) is 3.28. The van der Waals surface area contributed by atoms with Crippen molar-refractivity contribution in [3.05, 3.63) is 47.8 Å². The van der Waals surface area contributed by atoms with E-state index in [0.29, 0.717) is 30.8 Å². The van der Waals surface area contributed by atoms with E-state index < -0.39 is 35.3 Å². The Hall–Kier alpha value is -3.68. The summed E-state index contributed by atoms with van der Waals surface area (Å²) >= 11 is 0. The Morgan fingerprint density at radius 3 is 2.55 bits per heavy atom. The van der Waals surface area contributed by atoms with Gasteiger partial charge in [0.2, 0.25) is 5.95 Å². The molecule has 204 valence electrons. The van der Waals surface area contributed by atoms with E-state index in [0.717, 1.165) is 50.6 Å². The molecule has 38 heavy (non-hydrogen) atoms. The number of anilines is 1. The minimum absolute atomic E-state index is 0.175. The van der Waals surface area contributed by atoms with Gasteiger partial charge < -0.3 is 24.6 Å². The molecule has 2 unspecified atom stereocenters. The molecule has 2 aliphatic heterocycles. The summed E-state index contributed by atoms with van der Waals surface area (Å²) in [5, 5.41) is 11.8. The van der Waals surface area contributed by atoms with Crippen molar-refractivity contribution in [1.29, 1.82) is 5.26 Å². The molecule has 3 heterocycles. The van der Waals surface area contributed by atoms with E-state index in [4.69, 9.17) is 14.7 Å². The molecule has 4 rings (SSSR count). The lowest BCUT2D eigenvalue weighted by Crippen LogP contribution is -2.43. The highest BCUT2D eigenvalue weighted by Crippen LogP contribution is 2.32. The molecule has 11 heteroatoms. The van der Waals surface area contributed by atoms with Crippen LogP contribution in [-0.2, 0) is 4.74 Å². The van der Waals surface area contributed by atoms with Crippen molar-refractivity contribution in [2.24, 2.45) is 5.92 Å². The van der Waals surface area contributed by atoms with Crippen molar-refractivity contribution >= 4 is 12.0 Å². The normalized spacial score (nSPS) is 20.2. The zero-order chi connectivity index (χ0) is 27.3. The standard InChI is InChI=1S/C27H34F2N6O3/c1-27(2,3)38-26(36)33-24-16-35(15-22(24)21-12-19(28)4-5-23(21)29)25-31-13-20(14-32-25)37-11-8-18-6-9-34(17-30)10-7-18/h4-5,12-14,18,22,24H,6-11,15-16H2,1-3H3,(H,33,36). The molecule has 2 saturated heterocycles. The lowest BCUT2D eigenvalue weighted by molar-refractivity contribution is 0.0504. The fourth-order valence-corrected chi connectivity index (χ4v) is 4.90. The van der Waals surface area contributed by atoms with E-state index in [-0.39, 0.29) is 12.1 Å². The summed E-state index contributed by atoms with van der Waals surface area (Å²) in [5.74, 6) is -0.166. The number of hydrogen-bond acceptors (Lipinski definition) is 8. The van der Waals surface area contributed by atoms with Gasteiger partial charge in [-0.1, -0.05) is 0 Å². The lowest BCUT2D eigenvalue weighted by atomic mass is 9.94. The summed E-state index contributed by atoms with van der Waals surface area (Å²) in [6.07, 6.45) is 7.60. The van der Waals surface area contributed by atoms with E-state index in [1.165, 1.54) is 0 Å². The van der Waals surface area contributed by atoms with Gasteiger partial charge in [-0.05, 0) is 69.7 Å². The van der Waals surface area contributed by atoms with Crippen LogP contribution in [0.4, 0.5) is 19.5 Å². The van der Waals surface area contributed by atoms with Crippen LogP contribution in [0.1, 0.15) is 51.5 Å². The zero-order valence-corrected chi connectivity index (χ0v) is 22.0. The first-order chi connectivity index (χ1) is 18.1. The first-order valence-electron chi connectivity index (χ1n) is 12.9. The molecule has 9 nitrogen and oxygen atoms in total. The second-order valence-corrected chi connectivity index (χ2v) is 10.8. The van der Waals surface area contributed by atoms with Crippen molar-refractivity contribution < 1.29 is 23.0 Å². The SMILES string of the molecule is CC(C)(C)OC(=O)NC1CN(c2ncc(OCCC3CCN(C#N)CC3)cn2)CC1c1cc(F)ccc1F. The number of likely N-dealkylation sites (tertiary alicyclic amines) is 1. The molecule has 1 N–H and O–H groups in total. The number of benzene rings is 1. The average molecular weight is 529 g/mol. The van der Waals surface area contributed by atoms with E-state index in [9.17, 15) is 13.6 Å². The van der Waals surface area contributed by atoms with Crippen LogP contribution in [0, 0.1) is 29.0 Å². The minimum Gasteiger partial charge on any atom is -0.490 e. The van der Waals surface area contributed by atoms with Gasteiger partial charge in [0.1, 0.15) is 17.2 Å². The number of nitrogens with one attached hydrogen (secondary N) is 1. The second-order valence-electron chi connectivity index (χ2n) is 10.8. The molecule has 1 amide bonds. The Labute approximate surface area is 221 Å². The molecular weight excluding hydrogens is 494 g/mol. The fourth-order valence-electron chi connectivity index (χ4n) is 4.90. The maximum absolute atomic E-state index is 14.7. The summed E-state index contributed by atoms with van der Waals surface area (Å²) in [4.78, 5) is 24.9. The molecule has 1 aromatic heterocycles. The number of nitrogens with zero attached hydrogens (tertiary/aromatic N) is 5. The van der Waals surface area contributed by atoms with Crippen LogP contribution in [0.2, 0.25) is 0 Å². The highest BCUT2D eigenvalue weighted by molar-refractivity contribution is 5.68. The monoisotopic (exact) mass is 528 g/mol. The third-order valence-corrected chi connectivity index (χ3v) is 6.83. The lowest BCUT2D eigenvalue weighted by Gasteiger charge is -2.27. The van der Waals surface area contributed by atoms with Crippen LogP contribution in [0.25, 0.3) is 0 Å². The zero-order valence-electron chi connectivity index (χ0n) is 22.0. The van der Waals surface area contributed by atoms with Gasteiger partial charge in [-0.3, -0.25) is 0 Å². The minimum atomic E-state index is -0.700. The van der Waals surface area contributed by atoms with Crippen molar-refractivity contribution in [1.82, 2.24) is 20.2 Å². The maximum Gasteiger partial charge on any atom is 0.407 e. The number of carbonyl (C=O) groups is 1. The third kappa shape index (κ3) is 7.21. The molecular formula is C27H34F2N6O3. The van der Waals surface area contributed by atoms with Gasteiger partial charge >= 0.3 is 6.09 Å². The number of piperidine rings is 1. The Balaban J connectivity index is 1.39. The van der Waals surface area contributed by atoms with Gasteiger partial charge in [-0.25, -0.2) is 23.5 Å². The number of rotatable bonds is 7. The van der Waals surface area contributed by atoms with E-state index in [1.54, 1.807) is 38.1 Å².